The molecule has 1 aromatic rings. The molecule has 1 aromatic carbocycles. The normalized spacial score (nSPS) is 18.9. The molecule has 0 radical (unpaired) electrons. The van der Waals surface area contributed by atoms with Crippen molar-refractivity contribution in [3.63, 3.8) is 0 Å². The van der Waals surface area contributed by atoms with E-state index in [1.165, 1.54) is 5.56 Å². The smallest absolute Gasteiger partial charge is 0.00320 e. The van der Waals surface area contributed by atoms with Crippen LogP contribution in [0.4, 0.5) is 0 Å². The third-order valence-electron chi connectivity index (χ3n) is 5.57. The van der Waals surface area contributed by atoms with Gasteiger partial charge >= 0.3 is 0 Å². The molecule has 0 aliphatic heterocycles. The van der Waals surface area contributed by atoms with Crippen molar-refractivity contribution >= 4 is 0 Å². The molecule has 0 heterocycles. The second-order valence-electron chi connectivity index (χ2n) is 8.18. The van der Waals surface area contributed by atoms with E-state index in [4.69, 9.17) is 0 Å². The Morgan fingerprint density at radius 2 is 1.11 bits per heavy atom. The molecule has 0 N–H and O–H groups in total. The van der Waals surface area contributed by atoms with Gasteiger partial charge in [0.25, 0.3) is 0 Å². The van der Waals surface area contributed by atoms with Crippen molar-refractivity contribution in [2.45, 2.75) is 80.6 Å². The molecule has 0 saturated heterocycles. The SMILES string of the molecule is C/C=C\C.C/C=C\C.C=C.C=CC.C=CC=C.CC.CC1c2ccccc2C(C)(C)C2C=CC=CC12. The first kappa shape index (κ1) is 40.3. The second-order valence-corrected chi connectivity index (χ2v) is 8.18. The summed E-state index contributed by atoms with van der Waals surface area (Å²) in [5.74, 6) is 1.92. The summed E-state index contributed by atoms with van der Waals surface area (Å²) < 4.78 is 0. The molecule has 0 nitrogen and oxygen atoms in total. The van der Waals surface area contributed by atoms with E-state index in [1.54, 1.807) is 23.8 Å². The summed E-state index contributed by atoms with van der Waals surface area (Å²) in [6.45, 7) is 37.1. The Morgan fingerprint density at radius 3 is 1.50 bits per heavy atom. The molecule has 0 aromatic heterocycles. The topological polar surface area (TPSA) is 0 Å². The van der Waals surface area contributed by atoms with Crippen LogP contribution in [0.3, 0.4) is 0 Å². The second kappa shape index (κ2) is 28.4. The van der Waals surface area contributed by atoms with Crippen molar-refractivity contribution < 1.29 is 0 Å². The molecule has 0 amide bonds. The van der Waals surface area contributed by atoms with Gasteiger partial charge in [0.15, 0.2) is 0 Å². The van der Waals surface area contributed by atoms with Crippen LogP contribution in [0.15, 0.2) is 124 Å². The molecular formula is C36H58. The highest BCUT2D eigenvalue weighted by atomic mass is 14.5. The summed E-state index contributed by atoms with van der Waals surface area (Å²) in [5, 5.41) is 0. The van der Waals surface area contributed by atoms with Crippen LogP contribution >= 0.6 is 0 Å². The van der Waals surface area contributed by atoms with Gasteiger partial charge in [-0.3, -0.25) is 0 Å². The van der Waals surface area contributed by atoms with Gasteiger partial charge in [0, 0.05) is 0 Å². The van der Waals surface area contributed by atoms with Crippen molar-refractivity contribution in [2.24, 2.45) is 11.8 Å². The van der Waals surface area contributed by atoms with Crippen molar-refractivity contribution in [3.05, 3.63) is 135 Å². The van der Waals surface area contributed by atoms with Crippen molar-refractivity contribution in [1.82, 2.24) is 0 Å². The van der Waals surface area contributed by atoms with Gasteiger partial charge in [0.1, 0.15) is 0 Å². The van der Waals surface area contributed by atoms with Gasteiger partial charge < -0.3 is 0 Å². The zero-order valence-electron chi connectivity index (χ0n) is 25.4. The zero-order valence-corrected chi connectivity index (χ0v) is 25.4. The number of rotatable bonds is 1. The summed E-state index contributed by atoms with van der Waals surface area (Å²) in [4.78, 5) is 0. The first-order valence-electron chi connectivity index (χ1n) is 13.2. The summed E-state index contributed by atoms with van der Waals surface area (Å²) in [6, 6.07) is 8.97. The monoisotopic (exact) mass is 490 g/mol. The van der Waals surface area contributed by atoms with Crippen LogP contribution < -0.4 is 0 Å². The number of allylic oxidation sites excluding steroid dienone is 11. The van der Waals surface area contributed by atoms with E-state index in [0.717, 1.165) is 0 Å². The molecule has 0 spiro atoms. The lowest BCUT2D eigenvalue weighted by Gasteiger charge is -2.47. The van der Waals surface area contributed by atoms with Gasteiger partial charge in [-0.2, -0.15) is 0 Å². The first-order chi connectivity index (χ1) is 17.3. The van der Waals surface area contributed by atoms with Gasteiger partial charge in [-0.05, 0) is 68.9 Å². The molecule has 0 bridgehead atoms. The Morgan fingerprint density at radius 1 is 0.722 bits per heavy atom. The number of benzene rings is 1. The van der Waals surface area contributed by atoms with E-state index in [-0.39, 0.29) is 5.41 Å². The lowest BCUT2D eigenvalue weighted by molar-refractivity contribution is 0.249. The van der Waals surface area contributed by atoms with Gasteiger partial charge in [0.2, 0.25) is 0 Å². The molecule has 3 unspecified atom stereocenters. The Labute approximate surface area is 227 Å². The minimum Gasteiger partial charge on any atom is -0.106 e. The quantitative estimate of drug-likeness (QED) is 0.271. The third kappa shape index (κ3) is 15.9. The standard InChI is InChI=1S/C17H20.2C4H8.C4H6.C3H6.C2H6.C2H4/c1-12-13-8-4-6-10-15(13)17(2,3)16-11-7-5-9-14(12)16;3*1-3-4-2;1-3-2;2*1-2/h4-13,15H,1-3H3;2*3-4H,1-2H3;3-4H,1-2H2;3H,1H2,2H3;1-2H3;1-2H2/b;2*4-3-;;;;. The van der Waals surface area contributed by atoms with E-state index in [1.807, 2.05) is 72.8 Å². The predicted molar refractivity (Wildman–Crippen MR) is 173 cm³/mol. The highest BCUT2D eigenvalue weighted by molar-refractivity contribution is 5.43. The largest absolute Gasteiger partial charge is 0.106 e. The van der Waals surface area contributed by atoms with E-state index in [0.29, 0.717) is 17.8 Å². The average Bonchev–Trinajstić information content (AvgIpc) is 2.95. The molecular weight excluding hydrogens is 432 g/mol. The summed E-state index contributed by atoms with van der Waals surface area (Å²) in [5.41, 5.74) is 3.32. The van der Waals surface area contributed by atoms with Crippen LogP contribution in [0.25, 0.3) is 0 Å². The third-order valence-corrected chi connectivity index (χ3v) is 5.57. The number of hydrogen-bond donors (Lipinski definition) is 0. The minimum absolute atomic E-state index is 0.245. The summed E-state index contributed by atoms with van der Waals surface area (Å²) >= 11 is 0. The minimum atomic E-state index is 0.245. The molecule has 36 heavy (non-hydrogen) atoms. The lowest BCUT2D eigenvalue weighted by atomic mass is 9.57. The van der Waals surface area contributed by atoms with Crippen molar-refractivity contribution in [3.8, 4) is 0 Å². The van der Waals surface area contributed by atoms with Crippen molar-refractivity contribution in [1.29, 1.82) is 0 Å². The molecule has 3 atom stereocenters. The maximum absolute atomic E-state index is 3.36. The maximum atomic E-state index is 3.36. The Hall–Kier alpha value is -2.86. The van der Waals surface area contributed by atoms with E-state index in [2.05, 4.69) is 102 Å². The molecule has 0 heteroatoms. The maximum Gasteiger partial charge on any atom is -0.00320 e. The fourth-order valence-electron chi connectivity index (χ4n) is 3.69. The average molecular weight is 491 g/mol. The van der Waals surface area contributed by atoms with Gasteiger partial charge in [-0.15, -0.1) is 19.7 Å². The van der Waals surface area contributed by atoms with Crippen LogP contribution in [-0.2, 0) is 5.41 Å². The number of hydrogen-bond acceptors (Lipinski definition) is 0. The highest BCUT2D eigenvalue weighted by Crippen LogP contribution is 2.51. The highest BCUT2D eigenvalue weighted by Gasteiger charge is 2.43. The van der Waals surface area contributed by atoms with E-state index < -0.39 is 0 Å². The van der Waals surface area contributed by atoms with Gasteiger partial charge in [-0.1, -0.05) is 139 Å². The van der Waals surface area contributed by atoms with Crippen LogP contribution in [-0.4, -0.2) is 0 Å². The predicted octanol–water partition coefficient (Wildman–Crippen LogP) is 12.0. The van der Waals surface area contributed by atoms with E-state index >= 15 is 0 Å². The molecule has 202 valence electrons. The van der Waals surface area contributed by atoms with Gasteiger partial charge in [-0.25, -0.2) is 0 Å². The fourth-order valence-corrected chi connectivity index (χ4v) is 3.69. The summed E-state index contributed by atoms with van der Waals surface area (Å²) in [7, 11) is 0. The zero-order chi connectivity index (χ0) is 29.0. The Bertz CT molecular complexity index is 743. The van der Waals surface area contributed by atoms with Crippen molar-refractivity contribution in [2.75, 3.05) is 0 Å². The van der Waals surface area contributed by atoms with Crippen LogP contribution in [0.5, 0.6) is 0 Å². The van der Waals surface area contributed by atoms with E-state index in [9.17, 15) is 0 Å². The Kier molecular flexibility index (Phi) is 31.8. The molecule has 2 aliphatic rings. The lowest BCUT2D eigenvalue weighted by Crippen LogP contribution is -2.40. The van der Waals surface area contributed by atoms with Crippen LogP contribution in [0.1, 0.15) is 86.3 Å². The Balaban J connectivity index is -0.000000224. The number of fused-ring (bicyclic) bond motifs is 2. The summed E-state index contributed by atoms with van der Waals surface area (Å²) in [6.07, 6.45) is 22.2. The first-order valence-corrected chi connectivity index (χ1v) is 13.2. The van der Waals surface area contributed by atoms with Crippen LogP contribution in [0, 0.1) is 11.8 Å². The molecule has 0 saturated carbocycles. The van der Waals surface area contributed by atoms with Crippen LogP contribution in [0.2, 0.25) is 0 Å². The molecule has 2 aliphatic carbocycles. The fraction of sp³-hybridized carbons (Fsp3) is 0.389. The molecule has 3 rings (SSSR count). The molecule has 0 fully saturated rings. The van der Waals surface area contributed by atoms with Gasteiger partial charge in [0.05, 0.1) is 0 Å².